The third kappa shape index (κ3) is 5.12. The molecule has 3 aromatic rings. The summed E-state index contributed by atoms with van der Waals surface area (Å²) in [6.45, 7) is 3.00. The molecule has 4 rings (SSSR count). The maximum absolute atomic E-state index is 9.76. The standard InChI is InChI=1S/C25H30N4O4/c1-3-32-20-11-16(10-18-13-28-24(27)29-23(18)26)12-21(33-15-25(14-30)8-9-25)22(20)17-4-6-19(31-2)7-5-17/h4-7,11-13,30H,3,8-10,14-15H2,1-2H3,(H4,26,27,28,29). The van der Waals surface area contributed by atoms with Crippen molar-refractivity contribution in [3.05, 3.63) is 53.7 Å². The third-order valence-electron chi connectivity index (χ3n) is 5.94. The van der Waals surface area contributed by atoms with E-state index in [4.69, 9.17) is 25.7 Å². The van der Waals surface area contributed by atoms with Crippen LogP contribution in [0.15, 0.2) is 42.6 Å². The van der Waals surface area contributed by atoms with Gasteiger partial charge in [0.1, 0.15) is 23.1 Å². The van der Waals surface area contributed by atoms with Crippen LogP contribution in [0.4, 0.5) is 11.8 Å². The highest BCUT2D eigenvalue weighted by Crippen LogP contribution is 2.47. The highest BCUT2D eigenvalue weighted by atomic mass is 16.5. The van der Waals surface area contributed by atoms with Gasteiger partial charge in [-0.25, -0.2) is 4.98 Å². The van der Waals surface area contributed by atoms with Gasteiger partial charge in [0.15, 0.2) is 0 Å². The van der Waals surface area contributed by atoms with Gasteiger partial charge in [-0.1, -0.05) is 12.1 Å². The lowest BCUT2D eigenvalue weighted by atomic mass is 9.98. The van der Waals surface area contributed by atoms with Crippen LogP contribution in [0.1, 0.15) is 30.9 Å². The summed E-state index contributed by atoms with van der Waals surface area (Å²) in [5.41, 5.74) is 15.1. The van der Waals surface area contributed by atoms with Gasteiger partial charge in [0.25, 0.3) is 0 Å². The van der Waals surface area contributed by atoms with Crippen LogP contribution in [-0.2, 0) is 6.42 Å². The molecule has 5 N–H and O–H groups in total. The first-order chi connectivity index (χ1) is 16.0. The number of aliphatic hydroxyl groups is 1. The number of nitrogens with zero attached hydrogens (tertiary/aromatic N) is 2. The minimum Gasteiger partial charge on any atom is -0.497 e. The highest BCUT2D eigenvalue weighted by Gasteiger charge is 2.43. The molecular formula is C25H30N4O4. The van der Waals surface area contributed by atoms with Crippen molar-refractivity contribution in [1.29, 1.82) is 0 Å². The predicted octanol–water partition coefficient (Wildman–Crippen LogP) is 3.46. The molecule has 174 valence electrons. The molecule has 0 bridgehead atoms. The smallest absolute Gasteiger partial charge is 0.221 e. The zero-order chi connectivity index (χ0) is 23.4. The molecule has 0 saturated heterocycles. The number of rotatable bonds is 10. The summed E-state index contributed by atoms with van der Waals surface area (Å²) >= 11 is 0. The molecule has 8 heteroatoms. The molecule has 1 aliphatic carbocycles. The number of anilines is 2. The van der Waals surface area contributed by atoms with Crippen molar-refractivity contribution in [3.63, 3.8) is 0 Å². The number of nitrogens with two attached hydrogens (primary N) is 2. The third-order valence-corrected chi connectivity index (χ3v) is 5.94. The van der Waals surface area contributed by atoms with E-state index < -0.39 is 0 Å². The maximum Gasteiger partial charge on any atom is 0.221 e. The van der Waals surface area contributed by atoms with E-state index in [9.17, 15) is 5.11 Å². The molecule has 0 unspecified atom stereocenters. The van der Waals surface area contributed by atoms with Gasteiger partial charge < -0.3 is 30.8 Å². The number of benzene rings is 2. The van der Waals surface area contributed by atoms with Gasteiger partial charge in [-0.15, -0.1) is 0 Å². The molecule has 1 aromatic heterocycles. The van der Waals surface area contributed by atoms with Crippen LogP contribution in [-0.4, -0.2) is 42.0 Å². The summed E-state index contributed by atoms with van der Waals surface area (Å²) in [7, 11) is 1.64. The first kappa shape index (κ1) is 22.7. The lowest BCUT2D eigenvalue weighted by molar-refractivity contribution is 0.147. The zero-order valence-corrected chi connectivity index (χ0v) is 19.0. The van der Waals surface area contributed by atoms with Crippen LogP contribution in [0.3, 0.4) is 0 Å². The van der Waals surface area contributed by atoms with Crippen LogP contribution in [0.2, 0.25) is 0 Å². The lowest BCUT2D eigenvalue weighted by Crippen LogP contribution is -2.17. The van der Waals surface area contributed by atoms with Crippen molar-refractivity contribution in [3.8, 4) is 28.4 Å². The Morgan fingerprint density at radius 1 is 1.06 bits per heavy atom. The molecule has 1 saturated carbocycles. The summed E-state index contributed by atoms with van der Waals surface area (Å²) in [5, 5.41) is 9.76. The molecule has 1 aliphatic rings. The van der Waals surface area contributed by atoms with E-state index in [-0.39, 0.29) is 18.0 Å². The average Bonchev–Trinajstić information content (AvgIpc) is 3.60. The van der Waals surface area contributed by atoms with Gasteiger partial charge in [0.2, 0.25) is 5.95 Å². The molecular weight excluding hydrogens is 420 g/mol. The fourth-order valence-corrected chi connectivity index (χ4v) is 3.72. The van der Waals surface area contributed by atoms with E-state index in [0.717, 1.165) is 40.8 Å². The Hall–Kier alpha value is -3.52. The Labute approximate surface area is 193 Å². The molecule has 0 amide bonds. The molecule has 0 aliphatic heterocycles. The number of aliphatic hydroxyl groups excluding tert-OH is 1. The van der Waals surface area contributed by atoms with Gasteiger partial charge >= 0.3 is 0 Å². The number of ether oxygens (including phenoxy) is 3. The van der Waals surface area contributed by atoms with Crippen molar-refractivity contribution < 1.29 is 19.3 Å². The van der Waals surface area contributed by atoms with Crippen molar-refractivity contribution in [2.75, 3.05) is 38.4 Å². The van der Waals surface area contributed by atoms with Gasteiger partial charge in [-0.2, -0.15) is 4.98 Å². The van der Waals surface area contributed by atoms with Gasteiger partial charge in [0, 0.05) is 23.6 Å². The maximum atomic E-state index is 9.76. The number of hydrogen-bond donors (Lipinski definition) is 3. The average molecular weight is 451 g/mol. The monoisotopic (exact) mass is 450 g/mol. The normalized spacial score (nSPS) is 14.0. The first-order valence-electron chi connectivity index (χ1n) is 11.0. The second-order valence-corrected chi connectivity index (χ2v) is 8.39. The van der Waals surface area contributed by atoms with Crippen molar-refractivity contribution in [2.45, 2.75) is 26.2 Å². The second kappa shape index (κ2) is 9.54. The Morgan fingerprint density at radius 2 is 1.76 bits per heavy atom. The van der Waals surface area contributed by atoms with Crippen LogP contribution >= 0.6 is 0 Å². The Bertz CT molecular complexity index is 1110. The van der Waals surface area contributed by atoms with E-state index in [1.807, 2.05) is 43.3 Å². The summed E-state index contributed by atoms with van der Waals surface area (Å²) in [5.74, 6) is 2.66. The molecule has 0 radical (unpaired) electrons. The van der Waals surface area contributed by atoms with E-state index >= 15 is 0 Å². The molecule has 2 aromatic carbocycles. The second-order valence-electron chi connectivity index (χ2n) is 8.39. The first-order valence-corrected chi connectivity index (χ1v) is 11.0. The van der Waals surface area contributed by atoms with Crippen LogP contribution in [0.25, 0.3) is 11.1 Å². The van der Waals surface area contributed by atoms with Crippen molar-refractivity contribution in [1.82, 2.24) is 9.97 Å². The van der Waals surface area contributed by atoms with Crippen LogP contribution in [0.5, 0.6) is 17.2 Å². The quantitative estimate of drug-likeness (QED) is 0.429. The Kier molecular flexibility index (Phi) is 6.55. The number of nitrogen functional groups attached to an aromatic ring is 2. The Morgan fingerprint density at radius 3 is 2.33 bits per heavy atom. The number of hydrogen-bond acceptors (Lipinski definition) is 8. The SMILES string of the molecule is CCOc1cc(Cc2cnc(N)nc2N)cc(OCC2(CO)CC2)c1-c1ccc(OC)cc1. The van der Waals surface area contributed by atoms with Crippen molar-refractivity contribution >= 4 is 11.8 Å². The molecule has 33 heavy (non-hydrogen) atoms. The summed E-state index contributed by atoms with van der Waals surface area (Å²) in [6.07, 6.45) is 4.05. The zero-order valence-electron chi connectivity index (χ0n) is 19.0. The van der Waals surface area contributed by atoms with E-state index in [1.165, 1.54) is 0 Å². The largest absolute Gasteiger partial charge is 0.497 e. The van der Waals surface area contributed by atoms with Gasteiger partial charge in [-0.3, -0.25) is 0 Å². The number of aromatic nitrogens is 2. The summed E-state index contributed by atoms with van der Waals surface area (Å²) in [4.78, 5) is 8.13. The van der Waals surface area contributed by atoms with Crippen molar-refractivity contribution in [2.24, 2.45) is 5.41 Å². The molecule has 0 spiro atoms. The molecule has 0 atom stereocenters. The fraction of sp³-hybridized carbons (Fsp3) is 0.360. The van der Waals surface area contributed by atoms with Gasteiger partial charge in [-0.05, 0) is 55.2 Å². The van der Waals surface area contributed by atoms with Gasteiger partial charge in [0.05, 0.1) is 32.5 Å². The number of methoxy groups -OCH3 is 1. The predicted molar refractivity (Wildman–Crippen MR) is 128 cm³/mol. The minimum atomic E-state index is -0.159. The molecule has 1 fully saturated rings. The topological polar surface area (TPSA) is 126 Å². The minimum absolute atomic E-state index is 0.113. The summed E-state index contributed by atoms with van der Waals surface area (Å²) < 4.78 is 17.7. The van der Waals surface area contributed by atoms with E-state index in [1.54, 1.807) is 13.3 Å². The van der Waals surface area contributed by atoms with Crippen LogP contribution < -0.4 is 25.7 Å². The van der Waals surface area contributed by atoms with E-state index in [0.29, 0.717) is 37.0 Å². The Balaban J connectivity index is 1.76. The molecule has 1 heterocycles. The summed E-state index contributed by atoms with van der Waals surface area (Å²) in [6, 6.07) is 11.8. The van der Waals surface area contributed by atoms with E-state index in [2.05, 4.69) is 9.97 Å². The lowest BCUT2D eigenvalue weighted by Gasteiger charge is -2.20. The molecule has 8 nitrogen and oxygen atoms in total. The highest BCUT2D eigenvalue weighted by molar-refractivity contribution is 5.78. The van der Waals surface area contributed by atoms with Crippen LogP contribution in [0, 0.1) is 5.41 Å². The fourth-order valence-electron chi connectivity index (χ4n) is 3.72.